The number of amides is 1. The van der Waals surface area contributed by atoms with Crippen LogP contribution in [0, 0.1) is 0 Å². The van der Waals surface area contributed by atoms with Gasteiger partial charge in [-0.25, -0.2) is 0 Å². The van der Waals surface area contributed by atoms with Crippen LogP contribution in [0.3, 0.4) is 0 Å². The van der Waals surface area contributed by atoms with Crippen molar-refractivity contribution in [3.63, 3.8) is 0 Å². The van der Waals surface area contributed by atoms with Gasteiger partial charge in [-0.3, -0.25) is 9.78 Å². The van der Waals surface area contributed by atoms with Crippen LogP contribution < -0.4 is 10.6 Å². The van der Waals surface area contributed by atoms with E-state index in [0.717, 1.165) is 24.2 Å². The Morgan fingerprint density at radius 3 is 2.90 bits per heavy atom. The van der Waals surface area contributed by atoms with E-state index in [2.05, 4.69) is 30.9 Å². The van der Waals surface area contributed by atoms with E-state index in [1.54, 1.807) is 17.0 Å². The molecular weight excluding hydrogens is 394 g/mol. The highest BCUT2D eigenvalue weighted by molar-refractivity contribution is 5.76. The number of furan rings is 1. The van der Waals surface area contributed by atoms with Gasteiger partial charge < -0.3 is 15.1 Å². The zero-order valence-electron chi connectivity index (χ0n) is 17.4. The van der Waals surface area contributed by atoms with Gasteiger partial charge in [0.2, 0.25) is 5.91 Å². The molecule has 0 saturated heterocycles. The van der Waals surface area contributed by atoms with Crippen LogP contribution in [0.1, 0.15) is 36.9 Å². The van der Waals surface area contributed by atoms with Crippen molar-refractivity contribution in [2.24, 2.45) is 0 Å². The number of carbonyl (C=O) groups is 1. The SMILES string of the molecule is C[C@H](CCc1ccco1)NC(=O)CCc1nnc2ccc(NCc3cccnc3)nn12. The van der Waals surface area contributed by atoms with E-state index < -0.39 is 0 Å². The summed E-state index contributed by atoms with van der Waals surface area (Å²) in [6.45, 7) is 2.61. The number of rotatable bonds is 10. The average molecular weight is 419 g/mol. The number of fused-ring (bicyclic) bond motifs is 1. The monoisotopic (exact) mass is 419 g/mol. The second-order valence-electron chi connectivity index (χ2n) is 7.41. The lowest BCUT2D eigenvalue weighted by Gasteiger charge is -2.13. The predicted molar refractivity (Wildman–Crippen MR) is 115 cm³/mol. The lowest BCUT2D eigenvalue weighted by Crippen LogP contribution is -2.33. The Kier molecular flexibility index (Phi) is 6.51. The standard InChI is InChI=1S/C22H25N7O2/c1-16(6-7-18-5-3-13-31-18)25-22(30)11-10-21-27-26-20-9-8-19(28-29(20)21)24-15-17-4-2-12-23-14-17/h2-5,8-9,12-14,16H,6-7,10-11,15H2,1H3,(H,24,28)(H,25,30)/t16-/m1/s1. The molecule has 4 aromatic heterocycles. The largest absolute Gasteiger partial charge is 0.469 e. The highest BCUT2D eigenvalue weighted by atomic mass is 16.3. The van der Waals surface area contributed by atoms with Gasteiger partial charge in [0.1, 0.15) is 11.6 Å². The predicted octanol–water partition coefficient (Wildman–Crippen LogP) is 2.79. The minimum Gasteiger partial charge on any atom is -0.469 e. The van der Waals surface area contributed by atoms with Crippen LogP contribution in [-0.4, -0.2) is 36.7 Å². The van der Waals surface area contributed by atoms with Crippen LogP contribution in [0.4, 0.5) is 5.82 Å². The van der Waals surface area contributed by atoms with Crippen molar-refractivity contribution in [3.8, 4) is 0 Å². The number of hydrogen-bond donors (Lipinski definition) is 2. The zero-order valence-corrected chi connectivity index (χ0v) is 17.4. The van der Waals surface area contributed by atoms with Crippen LogP contribution in [0.2, 0.25) is 0 Å². The summed E-state index contributed by atoms with van der Waals surface area (Å²) >= 11 is 0. The second-order valence-corrected chi connectivity index (χ2v) is 7.41. The van der Waals surface area contributed by atoms with E-state index in [1.165, 1.54) is 0 Å². The molecule has 2 N–H and O–H groups in total. The van der Waals surface area contributed by atoms with Crippen molar-refractivity contribution in [1.82, 2.24) is 30.1 Å². The van der Waals surface area contributed by atoms with Gasteiger partial charge in [-0.1, -0.05) is 6.07 Å². The molecule has 9 heteroatoms. The van der Waals surface area contributed by atoms with Crippen molar-refractivity contribution in [2.45, 2.75) is 45.2 Å². The minimum absolute atomic E-state index is 0.0189. The van der Waals surface area contributed by atoms with Gasteiger partial charge in [0.15, 0.2) is 11.5 Å². The van der Waals surface area contributed by atoms with Gasteiger partial charge >= 0.3 is 0 Å². The number of aryl methyl sites for hydroxylation is 2. The third-order valence-electron chi connectivity index (χ3n) is 4.91. The van der Waals surface area contributed by atoms with Gasteiger partial charge in [0.05, 0.1) is 6.26 Å². The molecule has 1 amide bonds. The molecule has 1 atom stereocenters. The number of nitrogens with zero attached hydrogens (tertiary/aromatic N) is 5. The summed E-state index contributed by atoms with van der Waals surface area (Å²) in [5.74, 6) is 2.26. The van der Waals surface area contributed by atoms with Crippen LogP contribution in [0.5, 0.6) is 0 Å². The van der Waals surface area contributed by atoms with Gasteiger partial charge in [-0.15, -0.1) is 15.3 Å². The summed E-state index contributed by atoms with van der Waals surface area (Å²) < 4.78 is 7.01. The van der Waals surface area contributed by atoms with Gasteiger partial charge in [-0.05, 0) is 49.2 Å². The smallest absolute Gasteiger partial charge is 0.220 e. The summed E-state index contributed by atoms with van der Waals surface area (Å²) in [5.41, 5.74) is 1.71. The van der Waals surface area contributed by atoms with Gasteiger partial charge in [-0.2, -0.15) is 4.52 Å². The number of hydrogen-bond acceptors (Lipinski definition) is 7. The van der Waals surface area contributed by atoms with Gasteiger partial charge in [0, 0.05) is 44.2 Å². The number of carbonyl (C=O) groups excluding carboxylic acids is 1. The zero-order chi connectivity index (χ0) is 21.5. The fourth-order valence-electron chi connectivity index (χ4n) is 3.24. The molecule has 0 bridgehead atoms. The molecule has 0 aromatic carbocycles. The average Bonchev–Trinajstić information content (AvgIpc) is 3.45. The first kappa shape index (κ1) is 20.5. The number of nitrogens with one attached hydrogen (secondary N) is 2. The van der Waals surface area contributed by atoms with Crippen molar-refractivity contribution >= 4 is 17.4 Å². The summed E-state index contributed by atoms with van der Waals surface area (Å²) in [7, 11) is 0. The quantitative estimate of drug-likeness (QED) is 0.407. The highest BCUT2D eigenvalue weighted by Gasteiger charge is 2.12. The van der Waals surface area contributed by atoms with Crippen LogP contribution in [0.15, 0.2) is 59.5 Å². The van der Waals surface area contributed by atoms with E-state index in [9.17, 15) is 4.79 Å². The molecule has 0 spiro atoms. The van der Waals surface area contributed by atoms with Crippen LogP contribution in [-0.2, 0) is 24.2 Å². The maximum absolute atomic E-state index is 12.3. The number of anilines is 1. The summed E-state index contributed by atoms with van der Waals surface area (Å²) in [5, 5.41) is 19.2. The highest BCUT2D eigenvalue weighted by Crippen LogP contribution is 2.10. The molecule has 4 aromatic rings. The first-order valence-electron chi connectivity index (χ1n) is 10.3. The van der Waals surface area contributed by atoms with E-state index in [-0.39, 0.29) is 11.9 Å². The van der Waals surface area contributed by atoms with E-state index in [4.69, 9.17) is 4.42 Å². The Hall–Kier alpha value is -3.75. The third-order valence-corrected chi connectivity index (χ3v) is 4.91. The fraction of sp³-hybridized carbons (Fsp3) is 0.318. The van der Waals surface area contributed by atoms with Crippen molar-refractivity contribution in [2.75, 3.05) is 5.32 Å². The van der Waals surface area contributed by atoms with Crippen molar-refractivity contribution in [1.29, 1.82) is 0 Å². The normalized spacial score (nSPS) is 12.0. The Morgan fingerprint density at radius 1 is 1.16 bits per heavy atom. The summed E-state index contributed by atoms with van der Waals surface area (Å²) in [4.78, 5) is 16.5. The van der Waals surface area contributed by atoms with Crippen LogP contribution in [0.25, 0.3) is 5.65 Å². The van der Waals surface area contributed by atoms with Crippen LogP contribution >= 0.6 is 0 Å². The molecule has 0 unspecified atom stereocenters. The topological polar surface area (TPSA) is 110 Å². The van der Waals surface area contributed by atoms with Crippen molar-refractivity contribution < 1.29 is 9.21 Å². The lowest BCUT2D eigenvalue weighted by atomic mass is 10.1. The molecule has 0 aliphatic heterocycles. The third kappa shape index (κ3) is 5.65. The molecule has 31 heavy (non-hydrogen) atoms. The minimum atomic E-state index is -0.0189. The number of pyridine rings is 1. The molecule has 0 aliphatic rings. The molecule has 160 valence electrons. The van der Waals surface area contributed by atoms with Crippen molar-refractivity contribution in [3.05, 3.63) is 72.2 Å². The second kappa shape index (κ2) is 9.84. The first-order valence-corrected chi connectivity index (χ1v) is 10.3. The summed E-state index contributed by atoms with van der Waals surface area (Å²) in [6, 6.07) is 11.5. The molecule has 0 fully saturated rings. The molecular formula is C22H25N7O2. The van der Waals surface area contributed by atoms with E-state index >= 15 is 0 Å². The molecule has 4 heterocycles. The molecule has 0 aliphatic carbocycles. The van der Waals surface area contributed by atoms with Gasteiger partial charge in [0.25, 0.3) is 0 Å². The van der Waals surface area contributed by atoms with E-state index in [0.29, 0.717) is 36.7 Å². The molecule has 0 saturated carbocycles. The Labute approximate surface area is 179 Å². The first-order chi connectivity index (χ1) is 15.2. The maximum Gasteiger partial charge on any atom is 0.220 e. The lowest BCUT2D eigenvalue weighted by molar-refractivity contribution is -0.121. The fourth-order valence-corrected chi connectivity index (χ4v) is 3.24. The Morgan fingerprint density at radius 2 is 2.10 bits per heavy atom. The maximum atomic E-state index is 12.3. The summed E-state index contributed by atoms with van der Waals surface area (Å²) in [6.07, 6.45) is 7.60. The van der Waals surface area contributed by atoms with E-state index in [1.807, 2.05) is 49.5 Å². The molecule has 9 nitrogen and oxygen atoms in total. The Balaban J connectivity index is 1.30. The molecule has 4 rings (SSSR count). The number of aromatic nitrogens is 5. The molecule has 0 radical (unpaired) electrons. The Bertz CT molecular complexity index is 1110.